The quantitative estimate of drug-likeness (QED) is 0.546. The van der Waals surface area contributed by atoms with E-state index in [9.17, 15) is 9.90 Å². The second-order valence-corrected chi connectivity index (χ2v) is 8.88. The van der Waals surface area contributed by atoms with E-state index in [2.05, 4.69) is 13.8 Å². The van der Waals surface area contributed by atoms with Crippen molar-refractivity contribution in [2.75, 3.05) is 0 Å². The molecule has 0 aromatic heterocycles. The third-order valence-electron chi connectivity index (χ3n) is 7.65. The summed E-state index contributed by atoms with van der Waals surface area (Å²) in [6.45, 7) is 4.62. The molecule has 2 N–H and O–H groups in total. The van der Waals surface area contributed by atoms with Crippen LogP contribution in [0.15, 0.2) is 11.6 Å². The molecule has 4 aliphatic carbocycles. The number of aliphatic hydroxyl groups excluding tert-OH is 2. The first-order valence-corrected chi connectivity index (χ1v) is 8.92. The first kappa shape index (κ1) is 17.2. The summed E-state index contributed by atoms with van der Waals surface area (Å²) < 4.78 is 7.30. The molecule has 3 nitrogen and oxygen atoms in total. The number of aliphatic hydroxyl groups is 2. The molecular weight excluding hydrogens is 503 g/mol. The molecule has 0 bridgehead atoms. The zero-order chi connectivity index (χ0) is 16.4. The van der Waals surface area contributed by atoms with Crippen molar-refractivity contribution in [3.05, 3.63) is 11.6 Å². The Hall–Kier alpha value is 0.772. The monoisotopic (exact) mass is 533 g/mol. The molecule has 0 spiro atoms. The van der Waals surface area contributed by atoms with Gasteiger partial charge in [0.15, 0.2) is 5.78 Å². The van der Waals surface area contributed by atoms with E-state index >= 15 is 0 Å². The average molecular weight is 533 g/mol. The molecule has 0 aliphatic heterocycles. The van der Waals surface area contributed by atoms with Gasteiger partial charge in [0, 0.05) is 50.0 Å². The van der Waals surface area contributed by atoms with Gasteiger partial charge in [0.2, 0.25) is 1.43 Å². The first-order chi connectivity index (χ1) is 10.9. The Morgan fingerprint density at radius 3 is 2.74 bits per heavy atom. The minimum absolute atomic E-state index is 0. The van der Waals surface area contributed by atoms with Crippen molar-refractivity contribution in [1.29, 1.82) is 1.43 Å². The van der Waals surface area contributed by atoms with E-state index in [1.807, 2.05) is 6.08 Å². The summed E-state index contributed by atoms with van der Waals surface area (Å²) in [4.78, 5) is 13.0. The summed E-state index contributed by atoms with van der Waals surface area (Å²) in [5, 5.41) is 14.9. The maximum absolute atomic E-state index is 13.0. The number of hydrogen-bond acceptors (Lipinski definition) is 3. The number of carbonyl (C=O) groups excluding carboxylic acids is 1. The van der Waals surface area contributed by atoms with Crippen LogP contribution < -0.4 is 0 Å². The van der Waals surface area contributed by atoms with E-state index in [-0.39, 0.29) is 78.8 Å². The predicted molar refractivity (Wildman–Crippen MR) is 84.1 cm³/mol. The van der Waals surface area contributed by atoms with Crippen LogP contribution in [0.2, 0.25) is 0 Å². The van der Waals surface area contributed by atoms with Crippen LogP contribution in [0.1, 0.15) is 58.8 Å². The van der Waals surface area contributed by atoms with E-state index in [0.717, 1.165) is 38.5 Å². The van der Waals surface area contributed by atoms with Crippen molar-refractivity contribution < 1.29 is 59.1 Å². The van der Waals surface area contributed by atoms with Crippen molar-refractivity contribution in [2.45, 2.75) is 71.0 Å². The Labute approximate surface area is 176 Å². The van der Waals surface area contributed by atoms with Gasteiger partial charge in [-0.05, 0) is 73.7 Å². The predicted octanol–water partition coefficient (Wildman–Crippen LogP) is 2.85. The molecule has 4 rings (SSSR count). The molecule has 23 heavy (non-hydrogen) atoms. The van der Waals surface area contributed by atoms with Gasteiger partial charge < -0.3 is 10.2 Å². The Balaban J connectivity index is 0.00000169. The number of rotatable bonds is 1. The molecule has 0 saturated heterocycles. The number of hydrogen-bond donors (Lipinski definition) is 2. The second kappa shape index (κ2) is 6.19. The van der Waals surface area contributed by atoms with Gasteiger partial charge in [-0.1, -0.05) is 19.4 Å². The molecule has 3 fully saturated rings. The van der Waals surface area contributed by atoms with E-state index in [1.54, 1.807) is 0 Å². The van der Waals surface area contributed by atoms with Gasteiger partial charge in [-0.2, -0.15) is 0 Å². The van der Waals surface area contributed by atoms with Crippen molar-refractivity contribution in [1.82, 2.24) is 0 Å². The molecule has 7 atom stereocenters. The summed E-state index contributed by atoms with van der Waals surface area (Å²) in [7, 11) is 0. The van der Waals surface area contributed by atoms with Crippen LogP contribution in [0, 0.1) is 72.6 Å². The normalized spacial score (nSPS) is 52.5. The fourth-order valence-corrected chi connectivity index (χ4v) is 6.38. The molecule has 5 unspecified atom stereocenters. The number of allylic oxidation sites excluding steroid dienone is 1. The van der Waals surface area contributed by atoms with Gasteiger partial charge in [0.1, 0.15) is 0 Å². The molecule has 1 radical (unpaired) electrons. The van der Waals surface area contributed by atoms with Gasteiger partial charge in [0.25, 0.3) is 0 Å². The smallest absolute Gasteiger partial charge is 0.210 e. The van der Waals surface area contributed by atoms with Crippen molar-refractivity contribution >= 4 is 5.78 Å². The molecule has 0 heterocycles. The SMILES string of the molecule is [3H]OC1CC2C3C(=O)C=C4CC(O)CC[C@]4(C)C3CC[C@]2(C)C1.[Ac]. The Bertz CT molecular complexity index is 565. The maximum Gasteiger partial charge on any atom is 0.210 e. The van der Waals surface area contributed by atoms with Crippen LogP contribution in [0.4, 0.5) is 0 Å². The summed E-state index contributed by atoms with van der Waals surface area (Å²) in [6, 6.07) is 0. The minimum atomic E-state index is -0.278. The fraction of sp³-hybridized carbons (Fsp3) is 0.842. The van der Waals surface area contributed by atoms with Crippen LogP contribution in [0.5, 0.6) is 0 Å². The zero-order valence-corrected chi connectivity index (χ0v) is 19.0. The van der Waals surface area contributed by atoms with Gasteiger partial charge >= 0.3 is 0 Å². The Morgan fingerprint density at radius 1 is 1.22 bits per heavy atom. The molecule has 4 heteroatoms. The van der Waals surface area contributed by atoms with Crippen LogP contribution in [0.25, 0.3) is 0 Å². The molecule has 0 aromatic rings. The number of carbonyl (C=O) groups is 1. The number of ketones is 1. The maximum atomic E-state index is 13.0. The fourth-order valence-electron chi connectivity index (χ4n) is 6.38. The van der Waals surface area contributed by atoms with Crippen LogP contribution in [0.3, 0.4) is 0 Å². The summed E-state index contributed by atoms with van der Waals surface area (Å²) in [6.07, 6.45) is 8.12. The summed E-state index contributed by atoms with van der Waals surface area (Å²) in [5.74, 6) is 1.13. The average Bonchev–Trinajstić information content (AvgIpc) is 2.86. The largest absolute Gasteiger partial charge is 0.393 e. The van der Waals surface area contributed by atoms with Crippen molar-refractivity contribution in [2.24, 2.45) is 28.6 Å². The first-order valence-electron chi connectivity index (χ1n) is 9.33. The standard InChI is InChI=1S/C19H28O3.Ac/c1-18-5-4-14-17(15(18)9-13(21)10-18)16(22)8-11-7-12(20)3-6-19(11,14)2;/h8,12-15,17,20-21H,3-7,9-10H2,1-2H3;/t12?,13?,14?,15?,17?,18-,19+;/m1./s1/i21T;. The topological polar surface area (TPSA) is 57.5 Å². The minimum Gasteiger partial charge on any atom is -0.393 e. The third-order valence-corrected chi connectivity index (χ3v) is 7.65. The molecule has 3 saturated carbocycles. The van der Waals surface area contributed by atoms with Crippen LogP contribution in [-0.2, 0) is 4.79 Å². The summed E-state index contributed by atoms with van der Waals surface area (Å²) >= 11 is 0. The van der Waals surface area contributed by atoms with Gasteiger partial charge in [-0.15, -0.1) is 0 Å². The van der Waals surface area contributed by atoms with Gasteiger partial charge in [-0.3, -0.25) is 4.79 Å². The molecule has 0 aromatic carbocycles. The van der Waals surface area contributed by atoms with Crippen LogP contribution in [-0.4, -0.2) is 29.6 Å². The molecular formula is C19H28AcO3. The van der Waals surface area contributed by atoms with E-state index < -0.39 is 0 Å². The van der Waals surface area contributed by atoms with Gasteiger partial charge in [-0.25, -0.2) is 0 Å². The third kappa shape index (κ3) is 2.75. The number of fused-ring (bicyclic) bond motifs is 5. The van der Waals surface area contributed by atoms with Crippen LogP contribution >= 0.6 is 0 Å². The molecule has 125 valence electrons. The Morgan fingerprint density at radius 2 is 2.00 bits per heavy atom. The van der Waals surface area contributed by atoms with E-state index in [1.165, 1.54) is 5.57 Å². The van der Waals surface area contributed by atoms with E-state index in [0.29, 0.717) is 18.3 Å². The molecule has 4 aliphatic rings. The summed E-state index contributed by atoms with van der Waals surface area (Å²) in [5.41, 5.74) is 1.43. The second-order valence-electron chi connectivity index (χ2n) is 8.88. The Kier molecular flexibility index (Phi) is 4.63. The van der Waals surface area contributed by atoms with Crippen molar-refractivity contribution in [3.63, 3.8) is 0 Å². The zero-order valence-electron chi connectivity index (χ0n) is 15.3. The van der Waals surface area contributed by atoms with E-state index in [4.69, 9.17) is 6.54 Å². The van der Waals surface area contributed by atoms with Crippen molar-refractivity contribution in [3.8, 4) is 0 Å². The van der Waals surface area contributed by atoms with Gasteiger partial charge in [0.05, 0.1) is 12.2 Å². The molecule has 0 amide bonds.